The van der Waals surface area contributed by atoms with Gasteiger partial charge in [-0.3, -0.25) is 0 Å². The lowest BCUT2D eigenvalue weighted by molar-refractivity contribution is 0.853. The molecule has 0 radical (unpaired) electrons. The molecular weight excluding hydrogens is 591 g/mol. The summed E-state index contributed by atoms with van der Waals surface area (Å²) in [5.74, 6) is 0.223. The lowest BCUT2D eigenvalue weighted by Crippen LogP contribution is -2.15. The van der Waals surface area contributed by atoms with Crippen LogP contribution in [0.1, 0.15) is 17.9 Å². The fourth-order valence-electron chi connectivity index (χ4n) is 6.91. The topological polar surface area (TPSA) is 3.24 Å². The highest BCUT2D eigenvalue weighted by atomic mass is 15.1. The molecule has 0 saturated heterocycles. The minimum atomic E-state index is 0.223. The second-order valence-electron chi connectivity index (χ2n) is 12.5. The highest BCUT2D eigenvalue weighted by molar-refractivity contribution is 5.94. The van der Waals surface area contributed by atoms with E-state index < -0.39 is 0 Å². The van der Waals surface area contributed by atoms with Gasteiger partial charge >= 0.3 is 0 Å². The van der Waals surface area contributed by atoms with E-state index in [0.29, 0.717) is 0 Å². The van der Waals surface area contributed by atoms with E-state index >= 15 is 0 Å². The molecule has 0 amide bonds. The van der Waals surface area contributed by atoms with Crippen molar-refractivity contribution < 1.29 is 0 Å². The monoisotopic (exact) mass is 627 g/mol. The van der Waals surface area contributed by atoms with Crippen molar-refractivity contribution in [1.82, 2.24) is 0 Å². The first kappa shape index (κ1) is 30.2. The van der Waals surface area contributed by atoms with Crippen LogP contribution in [0.25, 0.3) is 44.5 Å². The minimum Gasteiger partial charge on any atom is -0.310 e. The molecule has 1 unspecified atom stereocenters. The van der Waals surface area contributed by atoms with Gasteiger partial charge in [-0.05, 0) is 87.3 Å². The van der Waals surface area contributed by atoms with Crippen molar-refractivity contribution in [2.75, 3.05) is 4.90 Å². The smallest absolute Gasteiger partial charge is 0.0578 e. The van der Waals surface area contributed by atoms with Gasteiger partial charge < -0.3 is 4.90 Å². The Hall–Kier alpha value is -6.18. The number of allylic oxidation sites excluding steroid dienone is 4. The summed E-state index contributed by atoms with van der Waals surface area (Å²) in [4.78, 5) is 2.47. The summed E-state index contributed by atoms with van der Waals surface area (Å²) in [6, 6.07) is 65.8. The summed E-state index contributed by atoms with van der Waals surface area (Å²) >= 11 is 0. The number of anilines is 3. The van der Waals surface area contributed by atoms with Crippen molar-refractivity contribution in [1.29, 1.82) is 0 Å². The molecule has 7 aromatic rings. The highest BCUT2D eigenvalue weighted by Gasteiger charge is 2.26. The maximum atomic E-state index is 2.47. The van der Waals surface area contributed by atoms with Gasteiger partial charge in [-0.25, -0.2) is 0 Å². The van der Waals surface area contributed by atoms with E-state index in [0.717, 1.165) is 17.8 Å². The summed E-state index contributed by atoms with van der Waals surface area (Å²) < 4.78 is 0. The minimum absolute atomic E-state index is 0.223. The van der Waals surface area contributed by atoms with E-state index in [2.05, 4.69) is 211 Å². The molecule has 0 fully saturated rings. The summed E-state index contributed by atoms with van der Waals surface area (Å²) in [5, 5.41) is 0. The SMILES string of the molecule is C1=CCC(c2cc(-c3ccccc3)cc(-c3ccccc3)c2N(c2ccc(-c3ccccc3)cc2)c2ccc(-c3ccccc3)cc2)C=C1. The first-order chi connectivity index (χ1) is 24.3. The summed E-state index contributed by atoms with van der Waals surface area (Å²) in [7, 11) is 0. The highest BCUT2D eigenvalue weighted by Crippen LogP contribution is 2.49. The first-order valence-corrected chi connectivity index (χ1v) is 17.0. The largest absolute Gasteiger partial charge is 0.310 e. The van der Waals surface area contributed by atoms with E-state index in [9.17, 15) is 0 Å². The number of rotatable bonds is 8. The number of benzene rings is 7. The predicted molar refractivity (Wildman–Crippen MR) is 209 cm³/mol. The van der Waals surface area contributed by atoms with Crippen LogP contribution in [-0.4, -0.2) is 0 Å². The molecule has 0 spiro atoms. The molecule has 1 aliphatic carbocycles. The normalized spacial score (nSPS) is 13.7. The molecule has 1 aliphatic rings. The molecule has 8 rings (SSSR count). The molecule has 1 heteroatoms. The summed E-state index contributed by atoms with van der Waals surface area (Å²) in [6.45, 7) is 0. The van der Waals surface area contributed by atoms with E-state index in [1.165, 1.54) is 55.8 Å². The fraction of sp³-hybridized carbons (Fsp3) is 0.0417. The van der Waals surface area contributed by atoms with Gasteiger partial charge in [-0.1, -0.05) is 170 Å². The van der Waals surface area contributed by atoms with Crippen LogP contribution in [0.4, 0.5) is 17.1 Å². The molecule has 0 aliphatic heterocycles. The zero-order valence-electron chi connectivity index (χ0n) is 27.4. The molecule has 0 heterocycles. The third-order valence-corrected chi connectivity index (χ3v) is 9.40. The zero-order chi connectivity index (χ0) is 32.8. The van der Waals surface area contributed by atoms with E-state index in [1.807, 2.05) is 0 Å². The van der Waals surface area contributed by atoms with Crippen LogP contribution >= 0.6 is 0 Å². The lowest BCUT2D eigenvalue weighted by Gasteiger charge is -2.33. The van der Waals surface area contributed by atoms with Gasteiger partial charge in [0, 0.05) is 22.9 Å². The lowest BCUT2D eigenvalue weighted by atomic mass is 9.84. The molecule has 49 heavy (non-hydrogen) atoms. The van der Waals surface area contributed by atoms with E-state index in [-0.39, 0.29) is 5.92 Å². The zero-order valence-corrected chi connectivity index (χ0v) is 27.4. The molecule has 7 aromatic carbocycles. The van der Waals surface area contributed by atoms with Crippen LogP contribution in [0, 0.1) is 0 Å². The Kier molecular flexibility index (Phi) is 8.56. The van der Waals surface area contributed by atoms with E-state index in [1.54, 1.807) is 0 Å². The molecule has 0 bridgehead atoms. The maximum absolute atomic E-state index is 2.47. The third-order valence-electron chi connectivity index (χ3n) is 9.40. The van der Waals surface area contributed by atoms with Gasteiger partial charge in [0.25, 0.3) is 0 Å². The van der Waals surface area contributed by atoms with Crippen LogP contribution in [0.15, 0.2) is 206 Å². The van der Waals surface area contributed by atoms with Crippen LogP contribution in [-0.2, 0) is 0 Å². The molecule has 1 nitrogen and oxygen atoms in total. The maximum Gasteiger partial charge on any atom is 0.0578 e. The average molecular weight is 628 g/mol. The van der Waals surface area contributed by atoms with Gasteiger partial charge in [0.15, 0.2) is 0 Å². The predicted octanol–water partition coefficient (Wildman–Crippen LogP) is 13.4. The second kappa shape index (κ2) is 13.9. The molecule has 234 valence electrons. The molecule has 0 N–H and O–H groups in total. The standard InChI is InChI=1S/C48H37N/c1-6-16-36(17-7-1)39-26-30-44(31-27-39)49(45-32-28-40(29-33-45)37-18-8-2-9-19-37)48-46(41-22-12-4-13-23-41)34-43(38-20-10-3-11-21-38)35-47(48)42-24-14-5-15-25-42/h1-24,26-35,42H,25H2. The molecule has 0 aromatic heterocycles. The van der Waals surface area contributed by atoms with Crippen molar-refractivity contribution in [3.63, 3.8) is 0 Å². The second-order valence-corrected chi connectivity index (χ2v) is 12.5. The molecule has 1 atom stereocenters. The summed E-state index contributed by atoms with van der Waals surface area (Å²) in [6.07, 6.45) is 9.96. The van der Waals surface area contributed by atoms with E-state index in [4.69, 9.17) is 0 Å². The number of hydrogen-bond acceptors (Lipinski definition) is 1. The average Bonchev–Trinajstić information content (AvgIpc) is 3.20. The first-order valence-electron chi connectivity index (χ1n) is 17.0. The van der Waals surface area contributed by atoms with Crippen molar-refractivity contribution in [3.05, 3.63) is 212 Å². The van der Waals surface area contributed by atoms with Gasteiger partial charge in [-0.2, -0.15) is 0 Å². The Morgan fingerprint density at radius 2 is 0.816 bits per heavy atom. The quantitative estimate of drug-likeness (QED) is 0.162. The third kappa shape index (κ3) is 6.40. The Bertz CT molecular complexity index is 2120. The van der Waals surface area contributed by atoms with Crippen LogP contribution in [0.3, 0.4) is 0 Å². The van der Waals surface area contributed by atoms with Gasteiger partial charge in [0.1, 0.15) is 0 Å². The molecular formula is C48H37N. The Morgan fingerprint density at radius 1 is 0.388 bits per heavy atom. The number of hydrogen-bond donors (Lipinski definition) is 0. The Labute approximate surface area is 289 Å². The Balaban J connectivity index is 1.38. The molecule has 0 saturated carbocycles. The fourth-order valence-corrected chi connectivity index (χ4v) is 6.91. The van der Waals surface area contributed by atoms with Crippen molar-refractivity contribution in [2.45, 2.75) is 12.3 Å². The number of nitrogens with zero attached hydrogens (tertiary/aromatic N) is 1. The van der Waals surface area contributed by atoms with Crippen LogP contribution in [0.5, 0.6) is 0 Å². The van der Waals surface area contributed by atoms with Crippen LogP contribution in [0.2, 0.25) is 0 Å². The van der Waals surface area contributed by atoms with Gasteiger partial charge in [-0.15, -0.1) is 0 Å². The van der Waals surface area contributed by atoms with Crippen molar-refractivity contribution in [3.8, 4) is 44.5 Å². The van der Waals surface area contributed by atoms with Crippen molar-refractivity contribution >= 4 is 17.1 Å². The van der Waals surface area contributed by atoms with Crippen LogP contribution < -0.4 is 4.90 Å². The summed E-state index contributed by atoms with van der Waals surface area (Å²) in [5.41, 5.74) is 14.4. The van der Waals surface area contributed by atoms with Crippen molar-refractivity contribution in [2.24, 2.45) is 0 Å². The van der Waals surface area contributed by atoms with Gasteiger partial charge in [0.2, 0.25) is 0 Å². The Morgan fingerprint density at radius 3 is 1.27 bits per heavy atom. The van der Waals surface area contributed by atoms with Gasteiger partial charge in [0.05, 0.1) is 5.69 Å².